The van der Waals surface area contributed by atoms with Gasteiger partial charge in [0.15, 0.2) is 0 Å². The summed E-state index contributed by atoms with van der Waals surface area (Å²) in [6, 6.07) is 5.48. The lowest BCUT2D eigenvalue weighted by atomic mass is 9.93. The lowest BCUT2D eigenvalue weighted by molar-refractivity contribution is 0.0697. The van der Waals surface area contributed by atoms with E-state index in [0.717, 1.165) is 30.8 Å². The van der Waals surface area contributed by atoms with E-state index >= 15 is 0 Å². The van der Waals surface area contributed by atoms with Gasteiger partial charge in [-0.25, -0.2) is 4.79 Å². The Morgan fingerprint density at radius 1 is 1.41 bits per heavy atom. The van der Waals surface area contributed by atoms with Crippen molar-refractivity contribution in [3.8, 4) is 0 Å². The van der Waals surface area contributed by atoms with Gasteiger partial charge < -0.3 is 10.0 Å². The number of anilines is 1. The van der Waals surface area contributed by atoms with Crippen molar-refractivity contribution >= 4 is 11.7 Å². The van der Waals surface area contributed by atoms with Crippen LogP contribution in [-0.2, 0) is 0 Å². The van der Waals surface area contributed by atoms with E-state index in [0.29, 0.717) is 5.56 Å². The van der Waals surface area contributed by atoms with Crippen LogP contribution in [0, 0.1) is 12.3 Å². The van der Waals surface area contributed by atoms with Gasteiger partial charge in [0.05, 0.1) is 11.3 Å². The molecule has 0 amide bonds. The van der Waals surface area contributed by atoms with E-state index in [9.17, 15) is 9.90 Å². The first-order chi connectivity index (χ1) is 7.91. The molecule has 1 aromatic carbocycles. The summed E-state index contributed by atoms with van der Waals surface area (Å²) in [4.78, 5) is 13.5. The number of para-hydroxylation sites is 1. The Balaban J connectivity index is 2.42. The summed E-state index contributed by atoms with van der Waals surface area (Å²) in [5, 5.41) is 9.25. The van der Waals surface area contributed by atoms with Gasteiger partial charge in [0.25, 0.3) is 0 Å². The molecule has 3 heteroatoms. The summed E-state index contributed by atoms with van der Waals surface area (Å²) in [5.74, 6) is -0.839. The van der Waals surface area contributed by atoms with Crippen LogP contribution in [0.3, 0.4) is 0 Å². The van der Waals surface area contributed by atoms with Crippen molar-refractivity contribution in [2.24, 2.45) is 5.41 Å². The van der Waals surface area contributed by atoms with E-state index in [1.54, 1.807) is 6.07 Å². The lowest BCUT2D eigenvalue weighted by Crippen LogP contribution is -2.25. The Morgan fingerprint density at radius 2 is 2.12 bits per heavy atom. The lowest BCUT2D eigenvalue weighted by Gasteiger charge is -2.24. The van der Waals surface area contributed by atoms with E-state index in [2.05, 4.69) is 18.7 Å². The van der Waals surface area contributed by atoms with E-state index in [1.807, 2.05) is 19.1 Å². The maximum absolute atomic E-state index is 11.3. The van der Waals surface area contributed by atoms with E-state index in [-0.39, 0.29) is 5.41 Å². The van der Waals surface area contributed by atoms with Crippen molar-refractivity contribution in [1.29, 1.82) is 0 Å². The summed E-state index contributed by atoms with van der Waals surface area (Å²) < 4.78 is 0. The second kappa shape index (κ2) is 4.06. The molecule has 1 N–H and O–H groups in total. The standard InChI is InChI=1S/C14H19NO2/c1-10-5-4-6-11(13(16)17)12(10)15-8-7-14(2,3)9-15/h4-6H,7-9H2,1-3H3,(H,16,17). The Bertz CT molecular complexity index is 452. The number of carboxylic acid groups (broad SMARTS) is 1. The van der Waals surface area contributed by atoms with E-state index in [1.165, 1.54) is 0 Å². The molecule has 1 aromatic rings. The van der Waals surface area contributed by atoms with Crippen LogP contribution in [0.4, 0.5) is 5.69 Å². The third-order valence-electron chi connectivity index (χ3n) is 3.46. The molecular formula is C14H19NO2. The zero-order valence-electron chi connectivity index (χ0n) is 10.7. The van der Waals surface area contributed by atoms with Gasteiger partial charge in [0.2, 0.25) is 0 Å². The average molecular weight is 233 g/mol. The molecule has 2 rings (SSSR count). The minimum Gasteiger partial charge on any atom is -0.478 e. The zero-order chi connectivity index (χ0) is 12.6. The molecule has 0 aliphatic carbocycles. The quantitative estimate of drug-likeness (QED) is 0.853. The summed E-state index contributed by atoms with van der Waals surface area (Å²) >= 11 is 0. The van der Waals surface area contributed by atoms with Crippen molar-refractivity contribution < 1.29 is 9.90 Å². The summed E-state index contributed by atoms with van der Waals surface area (Å²) in [7, 11) is 0. The van der Waals surface area contributed by atoms with Crippen LogP contribution in [0.2, 0.25) is 0 Å². The van der Waals surface area contributed by atoms with E-state index in [4.69, 9.17) is 0 Å². The smallest absolute Gasteiger partial charge is 0.337 e. The predicted molar refractivity (Wildman–Crippen MR) is 68.7 cm³/mol. The van der Waals surface area contributed by atoms with Gasteiger partial charge in [-0.1, -0.05) is 26.0 Å². The van der Waals surface area contributed by atoms with Gasteiger partial charge in [0, 0.05) is 13.1 Å². The minimum absolute atomic E-state index is 0.276. The fourth-order valence-corrected chi connectivity index (χ4v) is 2.55. The van der Waals surface area contributed by atoms with Gasteiger partial charge in [-0.3, -0.25) is 0 Å². The first-order valence-corrected chi connectivity index (χ1v) is 5.98. The van der Waals surface area contributed by atoms with Gasteiger partial charge >= 0.3 is 5.97 Å². The highest BCUT2D eigenvalue weighted by molar-refractivity contribution is 5.95. The molecule has 0 bridgehead atoms. The molecule has 0 saturated carbocycles. The maximum atomic E-state index is 11.3. The number of hydrogen-bond acceptors (Lipinski definition) is 2. The molecule has 1 fully saturated rings. The summed E-state index contributed by atoms with van der Waals surface area (Å²) in [6.45, 7) is 8.31. The van der Waals surface area contributed by atoms with Gasteiger partial charge in [-0.05, 0) is 30.4 Å². The minimum atomic E-state index is -0.839. The highest BCUT2D eigenvalue weighted by atomic mass is 16.4. The number of nitrogens with zero attached hydrogens (tertiary/aromatic N) is 1. The molecule has 1 heterocycles. The second-order valence-electron chi connectivity index (χ2n) is 5.61. The van der Waals surface area contributed by atoms with Crippen molar-refractivity contribution in [2.45, 2.75) is 27.2 Å². The largest absolute Gasteiger partial charge is 0.478 e. The van der Waals surface area contributed by atoms with Crippen LogP contribution in [0.1, 0.15) is 36.2 Å². The van der Waals surface area contributed by atoms with Crippen LogP contribution in [-0.4, -0.2) is 24.2 Å². The van der Waals surface area contributed by atoms with Crippen LogP contribution in [0.15, 0.2) is 18.2 Å². The Morgan fingerprint density at radius 3 is 2.65 bits per heavy atom. The number of hydrogen-bond donors (Lipinski definition) is 1. The number of benzene rings is 1. The third-order valence-corrected chi connectivity index (χ3v) is 3.46. The van der Waals surface area contributed by atoms with E-state index < -0.39 is 5.97 Å². The Kier molecular flexibility index (Phi) is 2.86. The van der Waals surface area contributed by atoms with Crippen molar-refractivity contribution in [2.75, 3.05) is 18.0 Å². The third kappa shape index (κ3) is 2.28. The van der Waals surface area contributed by atoms with Crippen LogP contribution >= 0.6 is 0 Å². The van der Waals surface area contributed by atoms with Gasteiger partial charge in [-0.2, -0.15) is 0 Å². The van der Waals surface area contributed by atoms with Crippen LogP contribution < -0.4 is 4.90 Å². The fraction of sp³-hybridized carbons (Fsp3) is 0.500. The molecule has 0 unspecified atom stereocenters. The van der Waals surface area contributed by atoms with Crippen molar-refractivity contribution in [3.63, 3.8) is 0 Å². The summed E-state index contributed by atoms with van der Waals surface area (Å²) in [6.07, 6.45) is 1.11. The molecule has 0 atom stereocenters. The topological polar surface area (TPSA) is 40.5 Å². The first-order valence-electron chi connectivity index (χ1n) is 5.98. The molecule has 92 valence electrons. The number of aryl methyl sites for hydroxylation is 1. The molecule has 0 spiro atoms. The molecule has 1 aliphatic heterocycles. The van der Waals surface area contributed by atoms with Gasteiger partial charge in [0.1, 0.15) is 0 Å². The second-order valence-corrected chi connectivity index (χ2v) is 5.61. The monoisotopic (exact) mass is 233 g/mol. The molecular weight excluding hydrogens is 214 g/mol. The van der Waals surface area contributed by atoms with Crippen molar-refractivity contribution in [1.82, 2.24) is 0 Å². The average Bonchev–Trinajstić information content (AvgIpc) is 2.58. The number of rotatable bonds is 2. The predicted octanol–water partition coefficient (Wildman–Crippen LogP) is 2.93. The fourth-order valence-electron chi connectivity index (χ4n) is 2.55. The highest BCUT2D eigenvalue weighted by Gasteiger charge is 2.31. The first kappa shape index (κ1) is 12.0. The normalized spacial score (nSPS) is 18.4. The molecule has 1 saturated heterocycles. The summed E-state index contributed by atoms with van der Waals surface area (Å²) in [5.41, 5.74) is 2.63. The van der Waals surface area contributed by atoms with Crippen LogP contribution in [0.5, 0.6) is 0 Å². The maximum Gasteiger partial charge on any atom is 0.337 e. The molecule has 17 heavy (non-hydrogen) atoms. The zero-order valence-corrected chi connectivity index (χ0v) is 10.7. The number of carbonyl (C=O) groups is 1. The van der Waals surface area contributed by atoms with Crippen molar-refractivity contribution in [3.05, 3.63) is 29.3 Å². The highest BCUT2D eigenvalue weighted by Crippen LogP contribution is 2.35. The number of carboxylic acids is 1. The SMILES string of the molecule is Cc1cccc(C(=O)O)c1N1CCC(C)(C)C1. The van der Waals surface area contributed by atoms with Gasteiger partial charge in [-0.15, -0.1) is 0 Å². The Labute approximate surface area is 102 Å². The van der Waals surface area contributed by atoms with Crippen LogP contribution in [0.25, 0.3) is 0 Å². The molecule has 0 radical (unpaired) electrons. The molecule has 1 aliphatic rings. The molecule has 0 aromatic heterocycles. The number of aromatic carboxylic acids is 1. The Hall–Kier alpha value is -1.51. The molecule has 3 nitrogen and oxygen atoms in total.